The highest BCUT2D eigenvalue weighted by molar-refractivity contribution is 5.66. The SMILES string of the molecule is CC1CCC(CN(CCCC(=O)O)c2ccccc2)O1. The predicted octanol–water partition coefficient (Wildman–Crippen LogP) is 2.93. The normalized spacial score (nSPS) is 21.9. The summed E-state index contributed by atoms with van der Waals surface area (Å²) in [7, 11) is 0. The van der Waals surface area contributed by atoms with Crippen molar-refractivity contribution in [2.45, 2.75) is 44.8 Å². The van der Waals surface area contributed by atoms with Gasteiger partial charge in [0.05, 0.1) is 12.2 Å². The van der Waals surface area contributed by atoms with Crippen LogP contribution in [0.3, 0.4) is 0 Å². The Balaban J connectivity index is 1.94. The van der Waals surface area contributed by atoms with Crippen molar-refractivity contribution in [2.24, 2.45) is 0 Å². The number of ether oxygens (including phenoxy) is 1. The second kappa shape index (κ2) is 7.29. The van der Waals surface area contributed by atoms with Gasteiger partial charge in [-0.25, -0.2) is 0 Å². The zero-order chi connectivity index (χ0) is 14.4. The first kappa shape index (κ1) is 14.9. The van der Waals surface area contributed by atoms with Crippen LogP contribution in [0.5, 0.6) is 0 Å². The van der Waals surface area contributed by atoms with Crippen LogP contribution in [0.25, 0.3) is 0 Å². The quantitative estimate of drug-likeness (QED) is 0.832. The summed E-state index contributed by atoms with van der Waals surface area (Å²) in [6, 6.07) is 10.2. The number of para-hydroxylation sites is 1. The van der Waals surface area contributed by atoms with Gasteiger partial charge in [0.15, 0.2) is 0 Å². The summed E-state index contributed by atoms with van der Waals surface area (Å²) in [5, 5.41) is 8.77. The maximum Gasteiger partial charge on any atom is 0.303 e. The molecule has 1 saturated heterocycles. The Morgan fingerprint density at radius 3 is 2.70 bits per heavy atom. The zero-order valence-electron chi connectivity index (χ0n) is 12.0. The molecule has 0 aromatic heterocycles. The van der Waals surface area contributed by atoms with E-state index >= 15 is 0 Å². The Bertz CT molecular complexity index is 421. The van der Waals surface area contributed by atoms with E-state index in [2.05, 4.69) is 24.0 Å². The highest BCUT2D eigenvalue weighted by Crippen LogP contribution is 2.23. The fourth-order valence-electron chi connectivity index (χ4n) is 2.65. The monoisotopic (exact) mass is 277 g/mol. The molecular weight excluding hydrogens is 254 g/mol. The Hall–Kier alpha value is -1.55. The van der Waals surface area contributed by atoms with Gasteiger partial charge in [-0.05, 0) is 38.3 Å². The molecule has 1 aromatic rings. The lowest BCUT2D eigenvalue weighted by molar-refractivity contribution is -0.137. The van der Waals surface area contributed by atoms with Crippen molar-refractivity contribution in [1.82, 2.24) is 0 Å². The van der Waals surface area contributed by atoms with Crippen molar-refractivity contribution >= 4 is 11.7 Å². The van der Waals surface area contributed by atoms with Gasteiger partial charge in [0.1, 0.15) is 0 Å². The molecule has 4 heteroatoms. The molecule has 20 heavy (non-hydrogen) atoms. The molecule has 0 radical (unpaired) electrons. The number of carbonyl (C=O) groups is 1. The van der Waals surface area contributed by atoms with Crippen LogP contribution in [0.4, 0.5) is 5.69 Å². The molecule has 2 atom stereocenters. The molecule has 1 heterocycles. The third kappa shape index (κ3) is 4.53. The van der Waals surface area contributed by atoms with E-state index in [9.17, 15) is 4.79 Å². The van der Waals surface area contributed by atoms with Crippen molar-refractivity contribution in [3.8, 4) is 0 Å². The van der Waals surface area contributed by atoms with Crippen molar-refractivity contribution < 1.29 is 14.6 Å². The Morgan fingerprint density at radius 1 is 1.35 bits per heavy atom. The first-order chi connectivity index (χ1) is 9.65. The van der Waals surface area contributed by atoms with E-state index in [1.165, 1.54) is 0 Å². The van der Waals surface area contributed by atoms with Crippen molar-refractivity contribution in [1.29, 1.82) is 0 Å². The van der Waals surface area contributed by atoms with Gasteiger partial charge in [0.2, 0.25) is 0 Å². The van der Waals surface area contributed by atoms with Crippen LogP contribution in [0.2, 0.25) is 0 Å². The maximum absolute atomic E-state index is 10.7. The average Bonchev–Trinajstić information content (AvgIpc) is 2.84. The number of carboxylic acids is 1. The van der Waals surface area contributed by atoms with Crippen molar-refractivity contribution in [3.05, 3.63) is 30.3 Å². The van der Waals surface area contributed by atoms with Gasteiger partial charge < -0.3 is 14.7 Å². The van der Waals surface area contributed by atoms with E-state index < -0.39 is 5.97 Å². The van der Waals surface area contributed by atoms with Gasteiger partial charge in [-0.3, -0.25) is 4.79 Å². The highest BCUT2D eigenvalue weighted by Gasteiger charge is 2.24. The van der Waals surface area contributed by atoms with E-state index in [1.54, 1.807) is 0 Å². The number of aliphatic carboxylic acids is 1. The fourth-order valence-corrected chi connectivity index (χ4v) is 2.65. The van der Waals surface area contributed by atoms with Gasteiger partial charge in [0.25, 0.3) is 0 Å². The second-order valence-corrected chi connectivity index (χ2v) is 5.42. The molecule has 110 valence electrons. The van der Waals surface area contributed by atoms with Crippen molar-refractivity contribution in [3.63, 3.8) is 0 Å². The molecule has 0 bridgehead atoms. The molecule has 0 amide bonds. The molecular formula is C16H23NO3. The molecule has 0 aliphatic carbocycles. The lowest BCUT2D eigenvalue weighted by Crippen LogP contribution is -2.33. The predicted molar refractivity (Wildman–Crippen MR) is 79.1 cm³/mol. The average molecular weight is 277 g/mol. The second-order valence-electron chi connectivity index (χ2n) is 5.42. The van der Waals surface area contributed by atoms with E-state index in [1.807, 2.05) is 18.2 Å². The van der Waals surface area contributed by atoms with Crippen molar-refractivity contribution in [2.75, 3.05) is 18.0 Å². The number of rotatable bonds is 7. The molecule has 1 aliphatic rings. The van der Waals surface area contributed by atoms with E-state index in [0.29, 0.717) is 12.5 Å². The smallest absolute Gasteiger partial charge is 0.303 e. The Labute approximate surface area is 120 Å². The number of anilines is 1. The third-order valence-corrected chi connectivity index (χ3v) is 3.68. The molecule has 0 spiro atoms. The molecule has 1 aliphatic heterocycles. The van der Waals surface area contributed by atoms with E-state index in [-0.39, 0.29) is 12.5 Å². The molecule has 2 rings (SSSR count). The van der Waals surface area contributed by atoms with Crippen LogP contribution in [0.1, 0.15) is 32.6 Å². The van der Waals surface area contributed by atoms with Crippen LogP contribution in [0, 0.1) is 0 Å². The van der Waals surface area contributed by atoms with Crippen LogP contribution in [0.15, 0.2) is 30.3 Å². The maximum atomic E-state index is 10.7. The van der Waals surface area contributed by atoms with Crippen LogP contribution >= 0.6 is 0 Å². The minimum Gasteiger partial charge on any atom is -0.481 e. The topological polar surface area (TPSA) is 49.8 Å². The first-order valence-electron chi connectivity index (χ1n) is 7.32. The molecule has 4 nitrogen and oxygen atoms in total. The summed E-state index contributed by atoms with van der Waals surface area (Å²) in [6.07, 6.45) is 3.68. The van der Waals surface area contributed by atoms with E-state index in [0.717, 1.165) is 31.6 Å². The number of carboxylic acid groups (broad SMARTS) is 1. The van der Waals surface area contributed by atoms with Crippen LogP contribution in [-0.2, 0) is 9.53 Å². The lowest BCUT2D eigenvalue weighted by atomic mass is 10.1. The molecule has 1 N–H and O–H groups in total. The number of nitrogens with zero attached hydrogens (tertiary/aromatic N) is 1. The van der Waals surface area contributed by atoms with Gasteiger partial charge in [0, 0.05) is 25.2 Å². The molecule has 1 aromatic carbocycles. The summed E-state index contributed by atoms with van der Waals surface area (Å²) < 4.78 is 5.88. The zero-order valence-corrected chi connectivity index (χ0v) is 12.0. The third-order valence-electron chi connectivity index (χ3n) is 3.68. The molecule has 2 unspecified atom stereocenters. The number of benzene rings is 1. The summed E-state index contributed by atoms with van der Waals surface area (Å²) in [6.45, 7) is 3.70. The standard InChI is InChI=1S/C16H23NO3/c1-13-9-10-15(20-13)12-17(11-5-8-16(18)19)14-6-3-2-4-7-14/h2-4,6-7,13,15H,5,8-12H2,1H3,(H,18,19). The number of hydrogen-bond acceptors (Lipinski definition) is 3. The lowest BCUT2D eigenvalue weighted by Gasteiger charge is -2.27. The van der Waals surface area contributed by atoms with Gasteiger partial charge in [-0.15, -0.1) is 0 Å². The summed E-state index contributed by atoms with van der Waals surface area (Å²) in [5.74, 6) is -0.733. The van der Waals surface area contributed by atoms with Gasteiger partial charge >= 0.3 is 5.97 Å². The first-order valence-corrected chi connectivity index (χ1v) is 7.32. The fraction of sp³-hybridized carbons (Fsp3) is 0.562. The van der Waals surface area contributed by atoms with Gasteiger partial charge in [-0.2, -0.15) is 0 Å². The highest BCUT2D eigenvalue weighted by atomic mass is 16.5. The molecule has 0 saturated carbocycles. The summed E-state index contributed by atoms with van der Waals surface area (Å²) >= 11 is 0. The summed E-state index contributed by atoms with van der Waals surface area (Å²) in [4.78, 5) is 12.9. The Morgan fingerprint density at radius 2 is 2.10 bits per heavy atom. The minimum absolute atomic E-state index is 0.214. The van der Waals surface area contributed by atoms with E-state index in [4.69, 9.17) is 9.84 Å². The largest absolute Gasteiger partial charge is 0.481 e. The number of hydrogen-bond donors (Lipinski definition) is 1. The Kier molecular flexibility index (Phi) is 5.41. The summed E-state index contributed by atoms with van der Waals surface area (Å²) in [5.41, 5.74) is 1.14. The van der Waals surface area contributed by atoms with Gasteiger partial charge in [-0.1, -0.05) is 18.2 Å². The molecule has 1 fully saturated rings. The minimum atomic E-state index is -0.733. The van der Waals surface area contributed by atoms with Crippen LogP contribution in [-0.4, -0.2) is 36.4 Å². The van der Waals surface area contributed by atoms with Crippen LogP contribution < -0.4 is 4.90 Å².